The lowest BCUT2D eigenvalue weighted by Crippen LogP contribution is -2.27. The van der Waals surface area contributed by atoms with Crippen LogP contribution in [0.5, 0.6) is 5.75 Å². The lowest BCUT2D eigenvalue weighted by atomic mass is 10.1. The Bertz CT molecular complexity index is 394. The SMILES string of the molecule is O=C1CC(S)CN1CCc1ccccc1O. The fraction of sp³-hybridized carbons (Fsp3) is 0.417. The first-order chi connectivity index (χ1) is 7.66. The van der Waals surface area contributed by atoms with Crippen molar-refractivity contribution in [3.63, 3.8) is 0 Å². The number of nitrogens with zero attached hydrogens (tertiary/aromatic N) is 1. The molecule has 1 unspecified atom stereocenters. The number of phenols is 1. The van der Waals surface area contributed by atoms with Crippen molar-refractivity contribution in [1.82, 2.24) is 4.90 Å². The van der Waals surface area contributed by atoms with Crippen LogP contribution in [-0.2, 0) is 11.2 Å². The molecule has 0 saturated carbocycles. The van der Waals surface area contributed by atoms with E-state index >= 15 is 0 Å². The predicted molar refractivity (Wildman–Crippen MR) is 65.8 cm³/mol. The van der Waals surface area contributed by atoms with Gasteiger partial charge in [-0.15, -0.1) is 0 Å². The Morgan fingerprint density at radius 2 is 2.19 bits per heavy atom. The Hall–Kier alpha value is -1.16. The quantitative estimate of drug-likeness (QED) is 0.782. The van der Waals surface area contributed by atoms with Gasteiger partial charge in [0.15, 0.2) is 0 Å². The van der Waals surface area contributed by atoms with Crippen molar-refractivity contribution >= 4 is 18.5 Å². The van der Waals surface area contributed by atoms with Crippen LogP contribution in [0, 0.1) is 0 Å². The molecule has 0 bridgehead atoms. The van der Waals surface area contributed by atoms with E-state index in [1.165, 1.54) is 0 Å². The van der Waals surface area contributed by atoms with E-state index in [4.69, 9.17) is 0 Å². The van der Waals surface area contributed by atoms with E-state index in [0.29, 0.717) is 25.1 Å². The molecule has 0 spiro atoms. The summed E-state index contributed by atoms with van der Waals surface area (Å²) in [6.45, 7) is 1.38. The van der Waals surface area contributed by atoms with E-state index in [-0.39, 0.29) is 11.2 Å². The number of hydrogen-bond acceptors (Lipinski definition) is 3. The van der Waals surface area contributed by atoms with Gasteiger partial charge in [-0.05, 0) is 18.1 Å². The van der Waals surface area contributed by atoms with Crippen LogP contribution >= 0.6 is 12.6 Å². The minimum absolute atomic E-state index is 0.162. The number of aromatic hydroxyl groups is 1. The average Bonchev–Trinajstić information content (AvgIpc) is 2.56. The van der Waals surface area contributed by atoms with Gasteiger partial charge in [-0.3, -0.25) is 4.79 Å². The zero-order valence-corrected chi connectivity index (χ0v) is 9.86. The van der Waals surface area contributed by atoms with Crippen molar-refractivity contribution in [2.24, 2.45) is 0 Å². The molecular weight excluding hydrogens is 222 g/mol. The Morgan fingerprint density at radius 1 is 1.44 bits per heavy atom. The number of carbonyl (C=O) groups excluding carboxylic acids is 1. The third kappa shape index (κ3) is 2.50. The number of phenolic OH excluding ortho intramolecular Hbond substituents is 1. The van der Waals surface area contributed by atoms with E-state index in [0.717, 1.165) is 12.1 Å². The molecule has 1 atom stereocenters. The molecule has 1 fully saturated rings. The highest BCUT2D eigenvalue weighted by molar-refractivity contribution is 7.81. The van der Waals surface area contributed by atoms with Crippen molar-refractivity contribution in [1.29, 1.82) is 0 Å². The first kappa shape index (κ1) is 11.3. The first-order valence-corrected chi connectivity index (χ1v) is 5.91. The van der Waals surface area contributed by atoms with Gasteiger partial charge in [-0.1, -0.05) is 18.2 Å². The second-order valence-corrected chi connectivity index (χ2v) is 4.81. The Balaban J connectivity index is 1.93. The summed E-state index contributed by atoms with van der Waals surface area (Å²) < 4.78 is 0. The second-order valence-electron chi connectivity index (χ2n) is 4.08. The summed E-state index contributed by atoms with van der Waals surface area (Å²) in [5.41, 5.74) is 0.887. The van der Waals surface area contributed by atoms with E-state index in [9.17, 15) is 9.90 Å². The molecule has 16 heavy (non-hydrogen) atoms. The van der Waals surface area contributed by atoms with Crippen LogP contribution < -0.4 is 0 Å². The fourth-order valence-corrected chi connectivity index (χ4v) is 2.30. The van der Waals surface area contributed by atoms with Gasteiger partial charge in [0.2, 0.25) is 5.91 Å². The highest BCUT2D eigenvalue weighted by Gasteiger charge is 2.26. The van der Waals surface area contributed by atoms with E-state index in [2.05, 4.69) is 12.6 Å². The van der Waals surface area contributed by atoms with Crippen LogP contribution in [0.3, 0.4) is 0 Å². The number of carbonyl (C=O) groups is 1. The number of thiol groups is 1. The molecule has 1 amide bonds. The Labute approximate surface area is 100 Å². The standard InChI is InChI=1S/C12H15NO2S/c14-11-4-2-1-3-9(11)5-6-13-8-10(16)7-12(13)15/h1-4,10,14,16H,5-8H2. The van der Waals surface area contributed by atoms with Crippen molar-refractivity contribution < 1.29 is 9.90 Å². The molecular formula is C12H15NO2S. The minimum Gasteiger partial charge on any atom is -0.508 e. The van der Waals surface area contributed by atoms with Crippen LogP contribution in [0.15, 0.2) is 24.3 Å². The highest BCUT2D eigenvalue weighted by Crippen LogP contribution is 2.19. The number of para-hydroxylation sites is 1. The summed E-state index contributed by atoms with van der Waals surface area (Å²) in [6, 6.07) is 7.24. The summed E-state index contributed by atoms with van der Waals surface area (Å²) in [5, 5.41) is 9.75. The van der Waals surface area contributed by atoms with Crippen LogP contribution in [0.4, 0.5) is 0 Å². The van der Waals surface area contributed by atoms with E-state index in [1.54, 1.807) is 12.1 Å². The average molecular weight is 237 g/mol. The third-order valence-corrected chi connectivity index (χ3v) is 3.18. The van der Waals surface area contributed by atoms with Gasteiger partial charge in [0.05, 0.1) is 0 Å². The monoisotopic (exact) mass is 237 g/mol. The molecule has 86 valence electrons. The highest BCUT2D eigenvalue weighted by atomic mass is 32.1. The van der Waals surface area contributed by atoms with Gasteiger partial charge >= 0.3 is 0 Å². The maximum absolute atomic E-state index is 11.5. The zero-order valence-electron chi connectivity index (χ0n) is 8.97. The topological polar surface area (TPSA) is 40.5 Å². The van der Waals surface area contributed by atoms with Gasteiger partial charge in [0, 0.05) is 24.8 Å². The van der Waals surface area contributed by atoms with Gasteiger partial charge in [-0.25, -0.2) is 0 Å². The number of rotatable bonds is 3. The van der Waals surface area contributed by atoms with Crippen molar-refractivity contribution in [3.05, 3.63) is 29.8 Å². The number of likely N-dealkylation sites (tertiary alicyclic amines) is 1. The largest absolute Gasteiger partial charge is 0.508 e. The van der Waals surface area contributed by atoms with E-state index < -0.39 is 0 Å². The zero-order chi connectivity index (χ0) is 11.5. The molecule has 1 aromatic carbocycles. The number of benzene rings is 1. The summed E-state index contributed by atoms with van der Waals surface area (Å²) in [4.78, 5) is 13.3. The molecule has 0 radical (unpaired) electrons. The van der Waals surface area contributed by atoms with Crippen molar-refractivity contribution in [3.8, 4) is 5.75 Å². The molecule has 1 saturated heterocycles. The minimum atomic E-state index is 0.162. The summed E-state index contributed by atoms with van der Waals surface area (Å²) in [7, 11) is 0. The molecule has 1 aliphatic heterocycles. The van der Waals surface area contributed by atoms with Gasteiger partial charge < -0.3 is 10.0 Å². The van der Waals surface area contributed by atoms with Crippen LogP contribution in [-0.4, -0.2) is 34.3 Å². The smallest absolute Gasteiger partial charge is 0.223 e. The van der Waals surface area contributed by atoms with Crippen LogP contribution in [0.2, 0.25) is 0 Å². The summed E-state index contributed by atoms with van der Waals surface area (Å²) >= 11 is 4.30. The molecule has 4 heteroatoms. The molecule has 1 heterocycles. The van der Waals surface area contributed by atoms with Gasteiger partial charge in [0.25, 0.3) is 0 Å². The normalized spacial score (nSPS) is 20.4. The van der Waals surface area contributed by atoms with Crippen LogP contribution in [0.25, 0.3) is 0 Å². The maximum atomic E-state index is 11.5. The molecule has 3 nitrogen and oxygen atoms in total. The number of amides is 1. The summed E-state index contributed by atoms with van der Waals surface area (Å²) in [6.07, 6.45) is 1.22. The van der Waals surface area contributed by atoms with Crippen LogP contribution in [0.1, 0.15) is 12.0 Å². The molecule has 0 aliphatic carbocycles. The fourth-order valence-electron chi connectivity index (χ4n) is 1.95. The van der Waals surface area contributed by atoms with E-state index in [1.807, 2.05) is 17.0 Å². The lowest BCUT2D eigenvalue weighted by Gasteiger charge is -2.15. The Kier molecular flexibility index (Phi) is 3.39. The van der Waals surface area contributed by atoms with Crippen molar-refractivity contribution in [2.75, 3.05) is 13.1 Å². The van der Waals surface area contributed by atoms with Gasteiger partial charge in [-0.2, -0.15) is 12.6 Å². The molecule has 2 rings (SSSR count). The molecule has 1 aliphatic rings. The summed E-state index contributed by atoms with van der Waals surface area (Å²) in [5.74, 6) is 0.465. The van der Waals surface area contributed by atoms with Crippen molar-refractivity contribution in [2.45, 2.75) is 18.1 Å². The second kappa shape index (κ2) is 4.78. The number of hydrogen-bond donors (Lipinski definition) is 2. The Morgan fingerprint density at radius 3 is 2.81 bits per heavy atom. The first-order valence-electron chi connectivity index (χ1n) is 5.39. The predicted octanol–water partition coefficient (Wildman–Crippen LogP) is 1.47. The van der Waals surface area contributed by atoms with Gasteiger partial charge in [0.1, 0.15) is 5.75 Å². The molecule has 1 aromatic rings. The molecule has 0 aromatic heterocycles. The molecule has 1 N–H and O–H groups in total. The third-order valence-electron chi connectivity index (χ3n) is 2.84. The maximum Gasteiger partial charge on any atom is 0.223 e. The lowest BCUT2D eigenvalue weighted by molar-refractivity contribution is -0.127.